The predicted octanol–water partition coefficient (Wildman–Crippen LogP) is 5.26. The van der Waals surface area contributed by atoms with E-state index in [0.29, 0.717) is 41.4 Å². The predicted molar refractivity (Wildman–Crippen MR) is 154 cm³/mol. The number of carbonyl (C=O) groups is 1. The number of halogens is 3. The Morgan fingerprint density at radius 1 is 1.17 bits per heavy atom. The number of carboxylic acids is 1. The van der Waals surface area contributed by atoms with Crippen LogP contribution in [0.15, 0.2) is 23.8 Å². The number of aromatic nitrogens is 3. The topological polar surface area (TPSA) is 97.7 Å². The van der Waals surface area contributed by atoms with Gasteiger partial charge in [-0.05, 0) is 39.3 Å². The number of thiazole rings is 1. The number of rotatable bonds is 10. The number of aliphatic carboxylic acids is 1. The fraction of sp³-hybridized carbons (Fsp3) is 0.556. The number of piperazine rings is 1. The van der Waals surface area contributed by atoms with E-state index < -0.39 is 17.7 Å². The van der Waals surface area contributed by atoms with E-state index in [1.165, 1.54) is 17.4 Å². The van der Waals surface area contributed by atoms with E-state index in [4.69, 9.17) is 10.1 Å². The summed E-state index contributed by atoms with van der Waals surface area (Å²) < 4.78 is 39.9. The van der Waals surface area contributed by atoms with Gasteiger partial charge in [-0.2, -0.15) is 13.2 Å². The molecule has 0 saturated carbocycles. The summed E-state index contributed by atoms with van der Waals surface area (Å²) in [7, 11) is 0. The molecule has 2 saturated heterocycles. The fourth-order valence-electron chi connectivity index (χ4n) is 5.33. The van der Waals surface area contributed by atoms with Gasteiger partial charge in [0.25, 0.3) is 0 Å². The molecule has 0 amide bonds. The van der Waals surface area contributed by atoms with Crippen LogP contribution in [0.3, 0.4) is 0 Å². The number of alkyl halides is 3. The van der Waals surface area contributed by atoms with Crippen LogP contribution in [0.1, 0.15) is 49.2 Å². The van der Waals surface area contributed by atoms with Crippen molar-refractivity contribution in [1.29, 1.82) is 0 Å². The Hall–Kier alpha value is -2.81. The monoisotopic (exact) mass is 609 g/mol. The van der Waals surface area contributed by atoms with Gasteiger partial charge in [0.1, 0.15) is 5.82 Å². The first kappa shape index (κ1) is 29.7. The smallest absolute Gasteiger partial charge is 0.417 e. The van der Waals surface area contributed by atoms with Crippen molar-refractivity contribution in [2.24, 2.45) is 0 Å². The molecule has 2 aliphatic rings. The normalized spacial score (nSPS) is 20.6. The highest BCUT2D eigenvalue weighted by molar-refractivity contribution is 7.17. The van der Waals surface area contributed by atoms with E-state index in [9.17, 15) is 18.0 Å². The van der Waals surface area contributed by atoms with Crippen LogP contribution in [0.25, 0.3) is 10.6 Å². The van der Waals surface area contributed by atoms with Crippen molar-refractivity contribution in [3.05, 3.63) is 40.0 Å². The molecule has 0 radical (unpaired) electrons. The largest absolute Gasteiger partial charge is 0.481 e. The van der Waals surface area contributed by atoms with Gasteiger partial charge in [-0.1, -0.05) is 0 Å². The number of likely N-dealkylation sites (tertiary alicyclic amines) is 1. The van der Waals surface area contributed by atoms with Gasteiger partial charge >= 0.3 is 12.1 Å². The third-order valence-electron chi connectivity index (χ3n) is 7.65. The van der Waals surface area contributed by atoms with Crippen molar-refractivity contribution >= 4 is 39.6 Å². The van der Waals surface area contributed by atoms with Gasteiger partial charge in [0.2, 0.25) is 0 Å². The van der Waals surface area contributed by atoms with E-state index >= 15 is 0 Å². The molecule has 0 aromatic carbocycles. The van der Waals surface area contributed by atoms with Gasteiger partial charge in [-0.3, -0.25) is 19.6 Å². The second-order valence-electron chi connectivity index (χ2n) is 10.7. The molecule has 0 bridgehead atoms. The Morgan fingerprint density at radius 2 is 2.00 bits per heavy atom. The zero-order valence-electron chi connectivity index (χ0n) is 23.0. The molecule has 14 heteroatoms. The standard InChI is InChI=1S/C27H34F3N7O2S2/c1-17-4-3-6-36(17)15-22-25(21-10-19(16-40-21)27(28,29)30)34-26(41-22)33-12-20-11-32-23(13-31-20)37-9-8-35(14-18(37)2)7-5-24(38)39/h10-11,13,16-18H,3-9,12,14-15H2,1-2H3,(H,33,34)(H,38,39)/t17-,18-/m1/s1. The SMILES string of the molecule is C[C@@H]1CCCN1Cc1sc(NCc2cnc(N3CCN(CCC(=O)O)C[C@H]3C)cn2)nc1-c1cc(C(F)(F)F)cs1. The van der Waals surface area contributed by atoms with Crippen LogP contribution in [0, 0.1) is 0 Å². The summed E-state index contributed by atoms with van der Waals surface area (Å²) in [5.41, 5.74) is 0.685. The summed E-state index contributed by atoms with van der Waals surface area (Å²) in [5.74, 6) is -0.0144. The molecule has 5 rings (SSSR count). The van der Waals surface area contributed by atoms with E-state index in [2.05, 4.69) is 43.8 Å². The molecule has 222 valence electrons. The van der Waals surface area contributed by atoms with E-state index in [0.717, 1.165) is 72.1 Å². The molecule has 5 heterocycles. The minimum absolute atomic E-state index is 0.135. The summed E-state index contributed by atoms with van der Waals surface area (Å²) in [6, 6.07) is 1.80. The number of hydrogen-bond acceptors (Lipinski definition) is 10. The lowest BCUT2D eigenvalue weighted by atomic mass is 10.2. The van der Waals surface area contributed by atoms with Crippen molar-refractivity contribution in [2.75, 3.05) is 42.9 Å². The van der Waals surface area contributed by atoms with Gasteiger partial charge in [-0.15, -0.1) is 22.7 Å². The maximum Gasteiger partial charge on any atom is 0.417 e. The highest BCUT2D eigenvalue weighted by Gasteiger charge is 2.33. The summed E-state index contributed by atoms with van der Waals surface area (Å²) in [4.78, 5) is 33.0. The summed E-state index contributed by atoms with van der Waals surface area (Å²) in [6.45, 7) is 9.10. The molecule has 2 atom stereocenters. The minimum atomic E-state index is -4.38. The maximum atomic E-state index is 13.3. The Balaban J connectivity index is 1.24. The second kappa shape index (κ2) is 12.6. The number of thiophene rings is 1. The van der Waals surface area contributed by atoms with Crippen LogP contribution >= 0.6 is 22.7 Å². The highest BCUT2D eigenvalue weighted by Crippen LogP contribution is 2.40. The molecule has 2 fully saturated rings. The van der Waals surface area contributed by atoms with Crippen molar-refractivity contribution in [3.8, 4) is 10.6 Å². The lowest BCUT2D eigenvalue weighted by Crippen LogP contribution is -2.52. The molecule has 0 unspecified atom stereocenters. The molecule has 3 aromatic heterocycles. The van der Waals surface area contributed by atoms with Crippen molar-refractivity contribution in [2.45, 2.75) is 64.5 Å². The average molecular weight is 610 g/mol. The molecule has 0 aliphatic carbocycles. The van der Waals surface area contributed by atoms with Crippen molar-refractivity contribution in [1.82, 2.24) is 24.8 Å². The zero-order valence-corrected chi connectivity index (χ0v) is 24.7. The third kappa shape index (κ3) is 7.34. The Bertz CT molecular complexity index is 1330. The Labute approximate surface area is 245 Å². The molecule has 0 spiro atoms. The van der Waals surface area contributed by atoms with Gasteiger partial charge in [-0.25, -0.2) is 9.97 Å². The van der Waals surface area contributed by atoms with Crippen LogP contribution in [0.5, 0.6) is 0 Å². The molecular weight excluding hydrogens is 575 g/mol. The first-order valence-electron chi connectivity index (χ1n) is 13.7. The molecule has 2 N–H and O–H groups in total. The van der Waals surface area contributed by atoms with Gasteiger partial charge < -0.3 is 15.3 Å². The molecule has 9 nitrogen and oxygen atoms in total. The molecule has 41 heavy (non-hydrogen) atoms. The number of hydrogen-bond donors (Lipinski definition) is 2. The number of nitrogens with zero attached hydrogens (tertiary/aromatic N) is 6. The van der Waals surface area contributed by atoms with E-state index in [1.807, 2.05) is 0 Å². The number of anilines is 2. The summed E-state index contributed by atoms with van der Waals surface area (Å²) in [5, 5.41) is 14.0. The maximum absolute atomic E-state index is 13.3. The van der Waals surface area contributed by atoms with E-state index in [-0.39, 0.29) is 12.5 Å². The summed E-state index contributed by atoms with van der Waals surface area (Å²) in [6.07, 6.45) is 1.46. The third-order valence-corrected chi connectivity index (χ3v) is 9.59. The van der Waals surface area contributed by atoms with Gasteiger partial charge in [0.05, 0.1) is 47.2 Å². The number of carboxylic acid groups (broad SMARTS) is 1. The molecular formula is C27H34F3N7O2S2. The average Bonchev–Trinajstić information content (AvgIpc) is 3.67. The minimum Gasteiger partial charge on any atom is -0.481 e. The fourth-order valence-corrected chi connectivity index (χ4v) is 7.33. The Morgan fingerprint density at radius 3 is 2.63 bits per heavy atom. The van der Waals surface area contributed by atoms with Crippen LogP contribution in [-0.4, -0.2) is 80.6 Å². The molecule has 2 aliphatic heterocycles. The van der Waals surface area contributed by atoms with Gasteiger partial charge in [0, 0.05) is 55.1 Å². The lowest BCUT2D eigenvalue weighted by Gasteiger charge is -2.40. The van der Waals surface area contributed by atoms with Crippen molar-refractivity contribution < 1.29 is 23.1 Å². The number of nitrogens with one attached hydrogen (secondary N) is 1. The highest BCUT2D eigenvalue weighted by atomic mass is 32.1. The first-order chi connectivity index (χ1) is 19.6. The lowest BCUT2D eigenvalue weighted by molar-refractivity contribution is -0.138. The Kier molecular flexibility index (Phi) is 9.12. The first-order valence-corrected chi connectivity index (χ1v) is 15.4. The van der Waals surface area contributed by atoms with Crippen LogP contribution in [0.4, 0.5) is 24.1 Å². The van der Waals surface area contributed by atoms with Crippen molar-refractivity contribution in [3.63, 3.8) is 0 Å². The summed E-state index contributed by atoms with van der Waals surface area (Å²) >= 11 is 2.55. The van der Waals surface area contributed by atoms with Crippen LogP contribution in [0.2, 0.25) is 0 Å². The van der Waals surface area contributed by atoms with Crippen LogP contribution < -0.4 is 10.2 Å². The quantitative estimate of drug-likeness (QED) is 0.319. The van der Waals surface area contributed by atoms with Gasteiger partial charge in [0.15, 0.2) is 5.13 Å². The van der Waals surface area contributed by atoms with E-state index in [1.54, 1.807) is 12.4 Å². The zero-order chi connectivity index (χ0) is 29.1. The molecule has 3 aromatic rings. The van der Waals surface area contributed by atoms with Crippen LogP contribution in [-0.2, 0) is 24.1 Å². The second-order valence-corrected chi connectivity index (χ2v) is 12.7.